The van der Waals surface area contributed by atoms with E-state index in [1.54, 1.807) is 12.1 Å². The summed E-state index contributed by atoms with van der Waals surface area (Å²) in [7, 11) is 0. The zero-order valence-electron chi connectivity index (χ0n) is 18.0. The third-order valence-electron chi connectivity index (χ3n) is 6.26. The van der Waals surface area contributed by atoms with Crippen LogP contribution in [0.3, 0.4) is 0 Å². The zero-order chi connectivity index (χ0) is 22.0. The van der Waals surface area contributed by atoms with E-state index < -0.39 is 5.97 Å². The Bertz CT molecular complexity index is 1170. The fourth-order valence-corrected chi connectivity index (χ4v) is 4.73. The second-order valence-electron chi connectivity index (χ2n) is 8.24. The molecule has 0 amide bonds. The van der Waals surface area contributed by atoms with E-state index in [2.05, 4.69) is 16.6 Å². The van der Waals surface area contributed by atoms with Crippen LogP contribution in [0.4, 0.5) is 5.69 Å². The molecule has 2 aromatic carbocycles. The lowest BCUT2D eigenvalue weighted by Crippen LogP contribution is -2.07. The largest absolute Gasteiger partial charge is 0.341 e. The molecule has 1 aromatic heterocycles. The number of nitro groups is 1. The van der Waals surface area contributed by atoms with Crippen LogP contribution >= 0.6 is 0 Å². The lowest BCUT2D eigenvalue weighted by atomic mass is 9.96. The highest BCUT2D eigenvalue weighted by molar-refractivity contribution is 6.12. The molecule has 0 aliphatic heterocycles. The van der Waals surface area contributed by atoms with E-state index in [1.165, 1.54) is 32.6 Å². The average Bonchev–Trinajstić information content (AvgIpc) is 3.38. The standard InChI is InChI=1S/C24H27N3O4/c1-3-26-23-12-9-18(14-20(23)21-15-19(27(29)30)10-13-24(21)26)22(25-31-16(2)28)11-8-17-6-4-5-7-17/h9-10,12-15,17H,3-8,11H2,1-2H3/b25-22+. The topological polar surface area (TPSA) is 86.7 Å². The number of nitrogens with zero attached hydrogens (tertiary/aromatic N) is 3. The molecule has 0 atom stereocenters. The van der Waals surface area contributed by atoms with Crippen LogP contribution in [0.5, 0.6) is 0 Å². The minimum atomic E-state index is -0.447. The normalized spacial score (nSPS) is 15.1. The molecule has 0 unspecified atom stereocenters. The lowest BCUT2D eigenvalue weighted by Gasteiger charge is -2.11. The Hall–Kier alpha value is -3.22. The van der Waals surface area contributed by atoms with Gasteiger partial charge in [0.05, 0.1) is 10.6 Å². The van der Waals surface area contributed by atoms with Gasteiger partial charge in [-0.15, -0.1) is 0 Å². The SMILES string of the molecule is CCn1c2ccc(/C(CCC3CCCC3)=N/OC(C)=O)cc2c2cc([N+](=O)[O-])ccc21. The van der Waals surface area contributed by atoms with E-state index in [1.807, 2.05) is 24.3 Å². The summed E-state index contributed by atoms with van der Waals surface area (Å²) in [5.41, 5.74) is 3.68. The number of oxime groups is 1. The van der Waals surface area contributed by atoms with Gasteiger partial charge in [-0.05, 0) is 43.9 Å². The highest BCUT2D eigenvalue weighted by Gasteiger charge is 2.19. The number of non-ortho nitro benzene ring substituents is 1. The van der Waals surface area contributed by atoms with Gasteiger partial charge < -0.3 is 9.40 Å². The maximum Gasteiger partial charge on any atom is 0.331 e. The predicted octanol–water partition coefficient (Wildman–Crippen LogP) is 5.96. The highest BCUT2D eigenvalue weighted by Crippen LogP contribution is 2.33. The monoisotopic (exact) mass is 421 g/mol. The second kappa shape index (κ2) is 8.88. The summed E-state index contributed by atoms with van der Waals surface area (Å²) in [6.07, 6.45) is 6.79. The van der Waals surface area contributed by atoms with Crippen LogP contribution in [0.15, 0.2) is 41.6 Å². The van der Waals surface area contributed by atoms with Crippen LogP contribution in [0.2, 0.25) is 0 Å². The first-order chi connectivity index (χ1) is 15.0. The van der Waals surface area contributed by atoms with Crippen molar-refractivity contribution in [1.29, 1.82) is 0 Å². The third-order valence-corrected chi connectivity index (χ3v) is 6.26. The molecule has 0 N–H and O–H groups in total. The summed E-state index contributed by atoms with van der Waals surface area (Å²) >= 11 is 0. The van der Waals surface area contributed by atoms with E-state index in [-0.39, 0.29) is 10.6 Å². The van der Waals surface area contributed by atoms with Gasteiger partial charge in [0.15, 0.2) is 0 Å². The van der Waals surface area contributed by atoms with E-state index in [0.717, 1.165) is 52.5 Å². The van der Waals surface area contributed by atoms with Crippen LogP contribution in [0, 0.1) is 16.0 Å². The fourth-order valence-electron chi connectivity index (χ4n) is 4.73. The van der Waals surface area contributed by atoms with Crippen LogP contribution in [0.25, 0.3) is 21.8 Å². The van der Waals surface area contributed by atoms with Gasteiger partial charge in [0.25, 0.3) is 5.69 Å². The number of hydrogen-bond acceptors (Lipinski definition) is 5. The molecule has 7 heteroatoms. The van der Waals surface area contributed by atoms with Crippen LogP contribution in [0.1, 0.15) is 57.9 Å². The molecular weight excluding hydrogens is 394 g/mol. The highest BCUT2D eigenvalue weighted by atomic mass is 16.7. The number of rotatable bonds is 7. The Kier molecular flexibility index (Phi) is 6.02. The van der Waals surface area contributed by atoms with Crippen molar-refractivity contribution < 1.29 is 14.6 Å². The summed E-state index contributed by atoms with van der Waals surface area (Å²) < 4.78 is 2.15. The molecule has 0 spiro atoms. The first kappa shape index (κ1) is 21.0. The van der Waals surface area contributed by atoms with Crippen LogP contribution in [-0.2, 0) is 16.2 Å². The number of fused-ring (bicyclic) bond motifs is 3. The van der Waals surface area contributed by atoms with Gasteiger partial charge in [0.2, 0.25) is 0 Å². The van der Waals surface area contributed by atoms with Crippen LogP contribution < -0.4 is 0 Å². The molecule has 0 bridgehead atoms. The molecular formula is C24H27N3O4. The van der Waals surface area contributed by atoms with Gasteiger partial charge in [0.1, 0.15) is 0 Å². The number of aryl methyl sites for hydroxylation is 1. The summed E-state index contributed by atoms with van der Waals surface area (Å²) in [4.78, 5) is 27.3. The van der Waals surface area contributed by atoms with E-state index in [0.29, 0.717) is 5.92 Å². The van der Waals surface area contributed by atoms with Gasteiger partial charge >= 0.3 is 5.97 Å². The molecule has 4 rings (SSSR count). The number of carbonyl (C=O) groups excluding carboxylic acids is 1. The minimum absolute atomic E-state index is 0.0723. The van der Waals surface area contributed by atoms with Crippen molar-refractivity contribution in [2.45, 2.75) is 58.9 Å². The Morgan fingerprint density at radius 1 is 1.16 bits per heavy atom. The summed E-state index contributed by atoms with van der Waals surface area (Å²) in [6, 6.07) is 11.0. The Labute approximate surface area is 180 Å². The molecule has 1 saturated carbocycles. The second-order valence-corrected chi connectivity index (χ2v) is 8.24. The first-order valence-corrected chi connectivity index (χ1v) is 10.9. The van der Waals surface area contributed by atoms with Crippen molar-refractivity contribution in [3.05, 3.63) is 52.1 Å². The molecule has 1 aliphatic rings. The predicted molar refractivity (Wildman–Crippen MR) is 121 cm³/mol. The smallest absolute Gasteiger partial charge is 0.331 e. The zero-order valence-corrected chi connectivity index (χ0v) is 18.0. The first-order valence-electron chi connectivity index (χ1n) is 10.9. The maximum absolute atomic E-state index is 11.4. The minimum Gasteiger partial charge on any atom is -0.341 e. The summed E-state index contributed by atoms with van der Waals surface area (Å²) in [5, 5.41) is 17.3. The van der Waals surface area contributed by atoms with Gasteiger partial charge in [-0.3, -0.25) is 10.1 Å². The van der Waals surface area contributed by atoms with Crippen molar-refractivity contribution in [3.8, 4) is 0 Å². The van der Waals surface area contributed by atoms with Gasteiger partial charge in [-0.25, -0.2) is 4.79 Å². The number of hydrogen-bond donors (Lipinski definition) is 0. The van der Waals surface area contributed by atoms with Crippen molar-refractivity contribution in [2.75, 3.05) is 0 Å². The lowest BCUT2D eigenvalue weighted by molar-refractivity contribution is -0.384. The Morgan fingerprint density at radius 3 is 2.48 bits per heavy atom. The number of nitro benzene ring substituents is 1. The molecule has 7 nitrogen and oxygen atoms in total. The average molecular weight is 421 g/mol. The van der Waals surface area contributed by atoms with Crippen molar-refractivity contribution in [2.24, 2.45) is 11.1 Å². The van der Waals surface area contributed by atoms with Gasteiger partial charge in [0, 0.05) is 53.0 Å². The fraction of sp³-hybridized carbons (Fsp3) is 0.417. The molecule has 0 saturated heterocycles. The van der Waals surface area contributed by atoms with Crippen molar-refractivity contribution in [3.63, 3.8) is 0 Å². The maximum atomic E-state index is 11.4. The third kappa shape index (κ3) is 4.31. The molecule has 162 valence electrons. The Morgan fingerprint density at radius 2 is 1.84 bits per heavy atom. The number of aromatic nitrogens is 1. The summed E-state index contributed by atoms with van der Waals surface area (Å²) in [5.74, 6) is 0.244. The molecule has 31 heavy (non-hydrogen) atoms. The molecule has 1 fully saturated rings. The summed E-state index contributed by atoms with van der Waals surface area (Å²) in [6.45, 7) is 4.16. The van der Waals surface area contributed by atoms with Gasteiger partial charge in [-0.2, -0.15) is 0 Å². The van der Waals surface area contributed by atoms with E-state index >= 15 is 0 Å². The van der Waals surface area contributed by atoms with Crippen molar-refractivity contribution >= 4 is 39.2 Å². The van der Waals surface area contributed by atoms with Gasteiger partial charge in [-0.1, -0.05) is 36.9 Å². The molecule has 3 aromatic rings. The number of benzene rings is 2. The molecule has 1 heterocycles. The number of carbonyl (C=O) groups is 1. The van der Waals surface area contributed by atoms with Crippen molar-refractivity contribution in [1.82, 2.24) is 4.57 Å². The molecule has 0 radical (unpaired) electrons. The molecule has 1 aliphatic carbocycles. The van der Waals surface area contributed by atoms with E-state index in [4.69, 9.17) is 4.84 Å². The van der Waals surface area contributed by atoms with Crippen LogP contribution in [-0.4, -0.2) is 21.2 Å². The van der Waals surface area contributed by atoms with E-state index in [9.17, 15) is 14.9 Å². The quantitative estimate of drug-likeness (QED) is 0.204. The Balaban J connectivity index is 1.79.